The molecule has 1 aliphatic rings. The van der Waals surface area contributed by atoms with Crippen LogP contribution in [0.15, 0.2) is 0 Å². The van der Waals surface area contributed by atoms with Crippen LogP contribution in [0.1, 0.15) is 46.0 Å². The zero-order chi connectivity index (χ0) is 13.1. The first kappa shape index (κ1) is 14.0. The summed E-state index contributed by atoms with van der Waals surface area (Å²) in [7, 11) is 0. The molecule has 1 rings (SSSR count). The van der Waals surface area contributed by atoms with Crippen LogP contribution >= 0.6 is 0 Å². The highest BCUT2D eigenvalue weighted by Crippen LogP contribution is 2.32. The quantitative estimate of drug-likeness (QED) is 0.682. The summed E-state index contributed by atoms with van der Waals surface area (Å²) in [5.41, 5.74) is 4.46. The Bertz CT molecular complexity index is 304. The number of nitrogens with one attached hydrogen (secondary N) is 1. The Morgan fingerprint density at radius 1 is 1.59 bits per heavy atom. The molecule has 5 heteroatoms. The van der Waals surface area contributed by atoms with Crippen LogP contribution in [0.5, 0.6) is 0 Å². The Hall–Kier alpha value is -1.10. The number of aliphatic carboxylic acids is 1. The highest BCUT2D eigenvalue weighted by molar-refractivity contribution is 5.87. The minimum Gasteiger partial charge on any atom is -0.480 e. The first-order valence-electron chi connectivity index (χ1n) is 6.16. The Kier molecular flexibility index (Phi) is 4.51. The normalized spacial score (nSPS) is 30.6. The molecule has 1 amide bonds. The van der Waals surface area contributed by atoms with Crippen LogP contribution in [0.3, 0.4) is 0 Å². The highest BCUT2D eigenvalue weighted by atomic mass is 16.4. The summed E-state index contributed by atoms with van der Waals surface area (Å²) in [6.07, 6.45) is 3.05. The Morgan fingerprint density at radius 2 is 2.24 bits per heavy atom. The zero-order valence-corrected chi connectivity index (χ0v) is 10.5. The maximum absolute atomic E-state index is 11.7. The molecule has 0 saturated heterocycles. The van der Waals surface area contributed by atoms with E-state index in [4.69, 9.17) is 5.73 Å². The van der Waals surface area contributed by atoms with Crippen molar-refractivity contribution in [3.05, 3.63) is 0 Å². The smallest absolute Gasteiger partial charge is 0.329 e. The number of rotatable bonds is 4. The fourth-order valence-electron chi connectivity index (χ4n) is 2.52. The van der Waals surface area contributed by atoms with Gasteiger partial charge in [-0.2, -0.15) is 0 Å². The van der Waals surface area contributed by atoms with Crippen molar-refractivity contribution in [2.45, 2.75) is 57.5 Å². The third-order valence-corrected chi connectivity index (χ3v) is 3.29. The molecule has 0 heterocycles. The summed E-state index contributed by atoms with van der Waals surface area (Å²) >= 11 is 0. The van der Waals surface area contributed by atoms with Crippen molar-refractivity contribution in [3.63, 3.8) is 0 Å². The zero-order valence-electron chi connectivity index (χ0n) is 10.5. The van der Waals surface area contributed by atoms with E-state index in [9.17, 15) is 14.7 Å². The van der Waals surface area contributed by atoms with E-state index in [1.165, 1.54) is 0 Å². The van der Waals surface area contributed by atoms with Gasteiger partial charge in [-0.25, -0.2) is 4.79 Å². The van der Waals surface area contributed by atoms with E-state index in [1.54, 1.807) is 6.92 Å². The molecular weight excluding hydrogens is 220 g/mol. The molecule has 0 bridgehead atoms. The Balaban J connectivity index is 2.71. The van der Waals surface area contributed by atoms with Gasteiger partial charge in [0.25, 0.3) is 0 Å². The molecule has 4 N–H and O–H groups in total. The largest absolute Gasteiger partial charge is 0.480 e. The van der Waals surface area contributed by atoms with Gasteiger partial charge in [-0.1, -0.05) is 19.8 Å². The van der Waals surface area contributed by atoms with Crippen LogP contribution in [0.4, 0.5) is 0 Å². The van der Waals surface area contributed by atoms with E-state index in [1.807, 2.05) is 6.92 Å². The molecule has 1 fully saturated rings. The van der Waals surface area contributed by atoms with Gasteiger partial charge in [0.15, 0.2) is 0 Å². The first-order chi connectivity index (χ1) is 7.85. The van der Waals surface area contributed by atoms with Gasteiger partial charge in [0.1, 0.15) is 5.54 Å². The van der Waals surface area contributed by atoms with E-state index in [0.29, 0.717) is 18.8 Å². The van der Waals surface area contributed by atoms with E-state index in [2.05, 4.69) is 5.32 Å². The molecule has 0 aromatic carbocycles. The summed E-state index contributed by atoms with van der Waals surface area (Å²) in [6, 6.07) is -0.248. The van der Waals surface area contributed by atoms with Crippen LogP contribution in [-0.2, 0) is 9.59 Å². The van der Waals surface area contributed by atoms with E-state index >= 15 is 0 Å². The van der Waals surface area contributed by atoms with Crippen molar-refractivity contribution in [2.75, 3.05) is 0 Å². The van der Waals surface area contributed by atoms with Gasteiger partial charge in [-0.15, -0.1) is 0 Å². The Morgan fingerprint density at radius 3 is 2.71 bits per heavy atom. The first-order valence-corrected chi connectivity index (χ1v) is 6.16. The van der Waals surface area contributed by atoms with Gasteiger partial charge in [0.05, 0.1) is 0 Å². The molecule has 1 saturated carbocycles. The van der Waals surface area contributed by atoms with Crippen LogP contribution in [0, 0.1) is 5.92 Å². The topological polar surface area (TPSA) is 92.4 Å². The number of carboxylic acids is 1. The molecule has 5 nitrogen and oxygen atoms in total. The lowest BCUT2D eigenvalue weighted by Gasteiger charge is -2.37. The molecule has 0 aliphatic heterocycles. The lowest BCUT2D eigenvalue weighted by atomic mass is 9.76. The van der Waals surface area contributed by atoms with Gasteiger partial charge in [0, 0.05) is 12.5 Å². The highest BCUT2D eigenvalue weighted by Gasteiger charge is 2.43. The SMILES string of the molecule is CC(N)CC(=O)NC1(C(=O)O)CCCC(C)C1. The standard InChI is InChI=1S/C12H22N2O3/c1-8-4-3-5-12(7-8,11(16)17)14-10(15)6-9(2)13/h8-9H,3-7,13H2,1-2H3,(H,14,15)(H,16,17). The van der Waals surface area contributed by atoms with Crippen molar-refractivity contribution in [2.24, 2.45) is 11.7 Å². The Labute approximate surface area is 102 Å². The van der Waals surface area contributed by atoms with Crippen LogP contribution in [-0.4, -0.2) is 28.6 Å². The molecule has 3 unspecified atom stereocenters. The lowest BCUT2D eigenvalue weighted by molar-refractivity contribution is -0.150. The van der Waals surface area contributed by atoms with Crippen molar-refractivity contribution in [1.29, 1.82) is 0 Å². The number of carbonyl (C=O) groups is 2. The summed E-state index contributed by atoms with van der Waals surface area (Å²) in [4.78, 5) is 23.1. The third kappa shape index (κ3) is 3.70. The van der Waals surface area contributed by atoms with Crippen LogP contribution in [0.2, 0.25) is 0 Å². The summed E-state index contributed by atoms with van der Waals surface area (Å²) in [5.74, 6) is -0.867. The van der Waals surface area contributed by atoms with Gasteiger partial charge in [-0.3, -0.25) is 4.79 Å². The predicted octanol–water partition coefficient (Wildman–Crippen LogP) is 0.873. The average Bonchev–Trinajstić information content (AvgIpc) is 2.15. The number of nitrogens with two attached hydrogens (primary N) is 1. The summed E-state index contributed by atoms with van der Waals surface area (Å²) in [5, 5.41) is 12.0. The molecule has 98 valence electrons. The van der Waals surface area contributed by atoms with Gasteiger partial charge >= 0.3 is 5.97 Å². The maximum atomic E-state index is 11.7. The van der Waals surface area contributed by atoms with Gasteiger partial charge in [0.2, 0.25) is 5.91 Å². The molecule has 0 aromatic heterocycles. The summed E-state index contributed by atoms with van der Waals surface area (Å²) in [6.45, 7) is 3.76. The lowest BCUT2D eigenvalue weighted by Crippen LogP contribution is -2.57. The van der Waals surface area contributed by atoms with E-state index in [-0.39, 0.29) is 18.4 Å². The average molecular weight is 242 g/mol. The van der Waals surface area contributed by atoms with Crippen LogP contribution < -0.4 is 11.1 Å². The molecular formula is C12H22N2O3. The second-order valence-corrected chi connectivity index (χ2v) is 5.32. The van der Waals surface area contributed by atoms with Crippen molar-refractivity contribution < 1.29 is 14.7 Å². The molecule has 17 heavy (non-hydrogen) atoms. The molecule has 0 radical (unpaired) electrons. The van der Waals surface area contributed by atoms with Gasteiger partial charge in [-0.05, 0) is 25.7 Å². The van der Waals surface area contributed by atoms with Crippen LogP contribution in [0.25, 0.3) is 0 Å². The second kappa shape index (κ2) is 5.49. The second-order valence-electron chi connectivity index (χ2n) is 5.32. The monoisotopic (exact) mass is 242 g/mol. The minimum absolute atomic E-state index is 0.170. The number of hydrogen-bond acceptors (Lipinski definition) is 3. The van der Waals surface area contributed by atoms with E-state index < -0.39 is 11.5 Å². The number of carboxylic acid groups (broad SMARTS) is 1. The third-order valence-electron chi connectivity index (χ3n) is 3.29. The predicted molar refractivity (Wildman–Crippen MR) is 64.4 cm³/mol. The van der Waals surface area contributed by atoms with Gasteiger partial charge < -0.3 is 16.2 Å². The minimum atomic E-state index is -1.08. The van der Waals surface area contributed by atoms with Crippen molar-refractivity contribution in [1.82, 2.24) is 5.32 Å². The van der Waals surface area contributed by atoms with Crippen molar-refractivity contribution in [3.8, 4) is 0 Å². The van der Waals surface area contributed by atoms with Crippen molar-refractivity contribution >= 4 is 11.9 Å². The van der Waals surface area contributed by atoms with E-state index in [0.717, 1.165) is 12.8 Å². The number of hydrogen-bond donors (Lipinski definition) is 3. The fraction of sp³-hybridized carbons (Fsp3) is 0.833. The molecule has 1 aliphatic carbocycles. The maximum Gasteiger partial charge on any atom is 0.329 e. The summed E-state index contributed by atoms with van der Waals surface area (Å²) < 4.78 is 0. The molecule has 0 aromatic rings. The number of carbonyl (C=O) groups excluding carboxylic acids is 1. The fourth-order valence-corrected chi connectivity index (χ4v) is 2.52. The molecule has 0 spiro atoms. The molecule has 3 atom stereocenters. The number of amides is 1.